The second-order valence-corrected chi connectivity index (χ2v) is 4.35. The van der Waals surface area contributed by atoms with Crippen LogP contribution in [0.25, 0.3) is 0 Å². The Kier molecular flexibility index (Phi) is 3.92. The Morgan fingerprint density at radius 1 is 1.68 bits per heavy atom. The van der Waals surface area contributed by atoms with Crippen molar-refractivity contribution in [3.05, 3.63) is 27.9 Å². The third-order valence-corrected chi connectivity index (χ3v) is 3.04. The molecule has 1 heterocycles. The van der Waals surface area contributed by atoms with Crippen molar-refractivity contribution in [2.75, 3.05) is 11.9 Å². The van der Waals surface area contributed by atoms with Gasteiger partial charge in [-0.3, -0.25) is 10.1 Å². The Labute approximate surface area is 110 Å². The van der Waals surface area contributed by atoms with E-state index in [-0.39, 0.29) is 23.4 Å². The van der Waals surface area contributed by atoms with E-state index in [1.165, 1.54) is 6.07 Å². The summed E-state index contributed by atoms with van der Waals surface area (Å²) in [7, 11) is 0. The van der Waals surface area contributed by atoms with Gasteiger partial charge in [-0.1, -0.05) is 0 Å². The minimum absolute atomic E-state index is 0.178. The molecular weight excluding hydrogens is 248 g/mol. The summed E-state index contributed by atoms with van der Waals surface area (Å²) in [4.78, 5) is 14.0. The zero-order valence-electron chi connectivity index (χ0n) is 10.5. The number of anilines is 1. The van der Waals surface area contributed by atoms with Gasteiger partial charge in [0.15, 0.2) is 0 Å². The number of nitro groups is 1. The van der Waals surface area contributed by atoms with Gasteiger partial charge in [-0.25, -0.2) is 4.98 Å². The van der Waals surface area contributed by atoms with E-state index in [1.54, 1.807) is 0 Å². The summed E-state index contributed by atoms with van der Waals surface area (Å²) >= 11 is 0. The average molecular weight is 262 g/mol. The minimum atomic E-state index is -0.563. The predicted molar refractivity (Wildman–Crippen MR) is 67.7 cm³/mol. The van der Waals surface area contributed by atoms with Gasteiger partial charge >= 0.3 is 0 Å². The molecule has 0 bridgehead atoms. The highest BCUT2D eigenvalue weighted by atomic mass is 16.6. The number of hydrogen-bond acceptors (Lipinski definition) is 6. The lowest BCUT2D eigenvalue weighted by atomic mass is 9.89. The monoisotopic (exact) mass is 262 g/mol. The molecule has 0 unspecified atom stereocenters. The molecular formula is C12H14N4O3. The highest BCUT2D eigenvalue weighted by Gasteiger charge is 2.30. The number of hydrogen-bond donors (Lipinski definition) is 1. The molecule has 100 valence electrons. The number of aromatic nitrogens is 1. The Morgan fingerprint density at radius 3 is 3.00 bits per heavy atom. The zero-order chi connectivity index (χ0) is 13.8. The van der Waals surface area contributed by atoms with Crippen LogP contribution in [-0.2, 0) is 4.74 Å². The van der Waals surface area contributed by atoms with Gasteiger partial charge in [0, 0.05) is 18.7 Å². The highest BCUT2D eigenvalue weighted by molar-refractivity contribution is 5.56. The van der Waals surface area contributed by atoms with Crippen LogP contribution in [-0.4, -0.2) is 28.7 Å². The largest absolute Gasteiger partial charge is 0.378 e. The van der Waals surface area contributed by atoms with Gasteiger partial charge in [0.1, 0.15) is 23.6 Å². The highest BCUT2D eigenvalue weighted by Crippen LogP contribution is 2.28. The van der Waals surface area contributed by atoms with E-state index in [1.807, 2.05) is 13.0 Å². The van der Waals surface area contributed by atoms with Gasteiger partial charge in [-0.05, 0) is 19.8 Å². The number of nitrogens with zero attached hydrogens (tertiary/aromatic N) is 3. The normalized spacial score (nSPS) is 21.3. The average Bonchev–Trinajstić information content (AvgIpc) is 2.36. The topological polar surface area (TPSA) is 101 Å². The maximum absolute atomic E-state index is 10.6. The van der Waals surface area contributed by atoms with Crippen molar-refractivity contribution in [3.8, 4) is 6.07 Å². The molecule has 2 rings (SSSR count). The molecule has 7 heteroatoms. The maximum atomic E-state index is 10.6. The van der Waals surface area contributed by atoms with Crippen LogP contribution in [0.3, 0.4) is 0 Å². The molecule has 19 heavy (non-hydrogen) atoms. The predicted octanol–water partition coefficient (Wildman–Crippen LogP) is 1.84. The SMILES string of the molecule is CCOC1CC(Nc2ncc([N+](=O)[O-])cc2C#N)C1. The molecule has 1 aliphatic carbocycles. The second kappa shape index (κ2) is 5.63. The van der Waals surface area contributed by atoms with Crippen LogP contribution in [0.2, 0.25) is 0 Å². The summed E-state index contributed by atoms with van der Waals surface area (Å²) in [5.41, 5.74) is 0.0111. The Bertz CT molecular complexity index is 520. The first-order valence-corrected chi connectivity index (χ1v) is 6.06. The van der Waals surface area contributed by atoms with Crippen LogP contribution in [0.5, 0.6) is 0 Å². The molecule has 1 N–H and O–H groups in total. The molecule has 0 aromatic carbocycles. The summed E-state index contributed by atoms with van der Waals surface area (Å²) in [6, 6.07) is 3.36. The first-order valence-electron chi connectivity index (χ1n) is 6.06. The fourth-order valence-corrected chi connectivity index (χ4v) is 2.00. The number of ether oxygens (including phenoxy) is 1. The van der Waals surface area contributed by atoms with E-state index < -0.39 is 4.92 Å². The lowest BCUT2D eigenvalue weighted by molar-refractivity contribution is -0.385. The van der Waals surface area contributed by atoms with Gasteiger partial charge < -0.3 is 10.1 Å². The molecule has 0 aliphatic heterocycles. The molecule has 1 saturated carbocycles. The summed E-state index contributed by atoms with van der Waals surface area (Å²) in [5.74, 6) is 0.396. The van der Waals surface area contributed by atoms with Gasteiger partial charge in [0.05, 0.1) is 11.0 Å². The molecule has 1 aliphatic rings. The molecule has 0 saturated heterocycles. The molecule has 1 fully saturated rings. The van der Waals surface area contributed by atoms with Gasteiger partial charge in [-0.15, -0.1) is 0 Å². The molecule has 0 atom stereocenters. The first kappa shape index (κ1) is 13.2. The third kappa shape index (κ3) is 2.98. The van der Waals surface area contributed by atoms with Crippen LogP contribution < -0.4 is 5.32 Å². The lowest BCUT2D eigenvalue weighted by Gasteiger charge is -2.35. The smallest absolute Gasteiger partial charge is 0.289 e. The van der Waals surface area contributed by atoms with Crippen LogP contribution >= 0.6 is 0 Å². The summed E-state index contributed by atoms with van der Waals surface area (Å²) in [6.07, 6.45) is 3.13. The maximum Gasteiger partial charge on any atom is 0.289 e. The van der Waals surface area contributed by atoms with Crippen molar-refractivity contribution in [1.29, 1.82) is 5.26 Å². The van der Waals surface area contributed by atoms with E-state index >= 15 is 0 Å². The molecule has 0 amide bonds. The second-order valence-electron chi connectivity index (χ2n) is 4.35. The molecule has 7 nitrogen and oxygen atoms in total. The number of rotatable bonds is 5. The van der Waals surface area contributed by atoms with Crippen molar-refractivity contribution in [2.24, 2.45) is 0 Å². The van der Waals surface area contributed by atoms with Crippen LogP contribution in [0, 0.1) is 21.4 Å². The lowest BCUT2D eigenvalue weighted by Crippen LogP contribution is -2.41. The third-order valence-electron chi connectivity index (χ3n) is 3.04. The summed E-state index contributed by atoms with van der Waals surface area (Å²) < 4.78 is 5.44. The van der Waals surface area contributed by atoms with Crippen LogP contribution in [0.4, 0.5) is 11.5 Å². The van der Waals surface area contributed by atoms with Crippen molar-refractivity contribution in [3.63, 3.8) is 0 Å². The Balaban J connectivity index is 2.02. The molecule has 0 radical (unpaired) electrons. The van der Waals surface area contributed by atoms with E-state index in [9.17, 15) is 10.1 Å². The first-order chi connectivity index (χ1) is 9.13. The Hall–Kier alpha value is -2.20. The summed E-state index contributed by atoms with van der Waals surface area (Å²) in [5, 5.41) is 22.7. The molecule has 0 spiro atoms. The van der Waals surface area contributed by atoms with Crippen molar-refractivity contribution >= 4 is 11.5 Å². The van der Waals surface area contributed by atoms with Gasteiger partial charge in [0.25, 0.3) is 5.69 Å². The minimum Gasteiger partial charge on any atom is -0.378 e. The van der Waals surface area contributed by atoms with Gasteiger partial charge in [-0.2, -0.15) is 5.26 Å². The van der Waals surface area contributed by atoms with E-state index in [0.717, 1.165) is 19.0 Å². The zero-order valence-corrected chi connectivity index (χ0v) is 10.5. The van der Waals surface area contributed by atoms with Crippen molar-refractivity contribution in [1.82, 2.24) is 4.98 Å². The van der Waals surface area contributed by atoms with Crippen LogP contribution in [0.1, 0.15) is 25.3 Å². The van der Waals surface area contributed by atoms with Crippen molar-refractivity contribution < 1.29 is 9.66 Å². The van der Waals surface area contributed by atoms with E-state index in [0.29, 0.717) is 12.4 Å². The summed E-state index contributed by atoms with van der Waals surface area (Å²) in [6.45, 7) is 2.64. The number of nitrogens with one attached hydrogen (secondary N) is 1. The van der Waals surface area contributed by atoms with E-state index in [2.05, 4.69) is 10.3 Å². The van der Waals surface area contributed by atoms with Crippen molar-refractivity contribution in [2.45, 2.75) is 31.9 Å². The van der Waals surface area contributed by atoms with Crippen LogP contribution in [0.15, 0.2) is 12.3 Å². The fraction of sp³-hybridized carbons (Fsp3) is 0.500. The Morgan fingerprint density at radius 2 is 2.42 bits per heavy atom. The number of pyridine rings is 1. The fourth-order valence-electron chi connectivity index (χ4n) is 2.00. The van der Waals surface area contributed by atoms with Gasteiger partial charge in [0.2, 0.25) is 0 Å². The standard InChI is InChI=1S/C12H14N4O3/c1-2-19-11-4-9(5-11)15-12-8(6-13)3-10(7-14-12)16(17)18/h3,7,9,11H,2,4-5H2,1H3,(H,14,15). The quantitative estimate of drug-likeness (QED) is 0.641. The van der Waals surface area contributed by atoms with E-state index in [4.69, 9.17) is 10.00 Å². The molecule has 1 aromatic rings. The molecule has 1 aromatic heterocycles. The number of nitriles is 1.